The van der Waals surface area contributed by atoms with Gasteiger partial charge in [0, 0.05) is 12.1 Å². The molecule has 0 atom stereocenters. The van der Waals surface area contributed by atoms with Crippen LogP contribution in [0.5, 0.6) is 0 Å². The Bertz CT molecular complexity index is 355. The molecule has 1 amide bonds. The van der Waals surface area contributed by atoms with Crippen LogP contribution in [0.4, 0.5) is 10.6 Å². The molecule has 0 saturated carbocycles. The first-order chi connectivity index (χ1) is 8.26. The second kappa shape index (κ2) is 7.62. The smallest absolute Gasteiger partial charge is 0.412 e. The number of unbranched alkanes of at least 4 members (excludes halogenated alkanes) is 1. The van der Waals surface area contributed by atoms with Crippen molar-refractivity contribution in [2.75, 3.05) is 18.5 Å². The number of ether oxygens (including phenoxy) is 1. The molecule has 94 valence electrons. The van der Waals surface area contributed by atoms with Gasteiger partial charge in [-0.3, -0.25) is 5.32 Å². The Morgan fingerprint density at radius 1 is 1.53 bits per heavy atom. The number of nitrogens with two attached hydrogens (primary N) is 1. The largest absolute Gasteiger partial charge is 0.449 e. The lowest BCUT2D eigenvalue weighted by Gasteiger charge is -2.06. The number of amides is 1. The summed E-state index contributed by atoms with van der Waals surface area (Å²) in [7, 11) is 0. The third-order valence-corrected chi connectivity index (χ3v) is 2.17. The summed E-state index contributed by atoms with van der Waals surface area (Å²) in [5, 5.41) is 2.59. The molecular formula is C12H19N3O2. The maximum Gasteiger partial charge on any atom is 0.412 e. The van der Waals surface area contributed by atoms with Crippen LogP contribution in [0, 0.1) is 0 Å². The Kier molecular flexibility index (Phi) is 6.03. The van der Waals surface area contributed by atoms with Gasteiger partial charge in [-0.2, -0.15) is 0 Å². The van der Waals surface area contributed by atoms with Crippen LogP contribution in [-0.2, 0) is 11.2 Å². The van der Waals surface area contributed by atoms with Crippen molar-refractivity contribution in [3.63, 3.8) is 0 Å². The number of pyridine rings is 1. The molecule has 5 heteroatoms. The summed E-state index contributed by atoms with van der Waals surface area (Å²) in [4.78, 5) is 15.6. The van der Waals surface area contributed by atoms with Crippen LogP contribution in [-0.4, -0.2) is 24.2 Å². The molecule has 0 aliphatic carbocycles. The van der Waals surface area contributed by atoms with Crippen LogP contribution < -0.4 is 11.1 Å². The molecule has 0 saturated heterocycles. The first-order valence-electron chi connectivity index (χ1n) is 5.86. The normalized spacial score (nSPS) is 10.0. The van der Waals surface area contributed by atoms with Gasteiger partial charge in [0.05, 0.1) is 6.61 Å². The first kappa shape index (κ1) is 13.4. The first-order valence-corrected chi connectivity index (χ1v) is 5.86. The van der Waals surface area contributed by atoms with Crippen LogP contribution in [0.2, 0.25) is 0 Å². The second-order valence-electron chi connectivity index (χ2n) is 3.67. The number of carbonyl (C=O) groups excluding carboxylic acids is 1. The highest BCUT2D eigenvalue weighted by molar-refractivity contribution is 5.83. The van der Waals surface area contributed by atoms with Crippen molar-refractivity contribution in [1.29, 1.82) is 0 Å². The second-order valence-corrected chi connectivity index (χ2v) is 3.67. The van der Waals surface area contributed by atoms with E-state index in [4.69, 9.17) is 10.5 Å². The van der Waals surface area contributed by atoms with Crippen LogP contribution in [0.25, 0.3) is 0 Å². The number of rotatable bonds is 6. The minimum Gasteiger partial charge on any atom is -0.449 e. The quantitative estimate of drug-likeness (QED) is 0.741. The van der Waals surface area contributed by atoms with Gasteiger partial charge < -0.3 is 10.5 Å². The molecule has 1 rings (SSSR count). The highest BCUT2D eigenvalue weighted by atomic mass is 16.5. The monoisotopic (exact) mass is 237 g/mol. The number of nitrogens with one attached hydrogen (secondary N) is 1. The van der Waals surface area contributed by atoms with Crippen molar-refractivity contribution in [1.82, 2.24) is 4.98 Å². The van der Waals surface area contributed by atoms with Gasteiger partial charge in [0.1, 0.15) is 5.82 Å². The van der Waals surface area contributed by atoms with E-state index in [2.05, 4.69) is 10.3 Å². The number of aromatic nitrogens is 1. The molecule has 0 radical (unpaired) electrons. The van der Waals surface area contributed by atoms with E-state index in [1.807, 2.05) is 19.1 Å². The molecule has 1 aromatic heterocycles. The van der Waals surface area contributed by atoms with E-state index >= 15 is 0 Å². The van der Waals surface area contributed by atoms with Gasteiger partial charge in [-0.15, -0.1) is 0 Å². The van der Waals surface area contributed by atoms with Crippen molar-refractivity contribution in [3.8, 4) is 0 Å². The summed E-state index contributed by atoms with van der Waals surface area (Å²) in [5.74, 6) is 0.498. The molecule has 3 N–H and O–H groups in total. The minimum atomic E-state index is -0.462. The third kappa shape index (κ3) is 5.31. The van der Waals surface area contributed by atoms with Crippen molar-refractivity contribution in [3.05, 3.63) is 23.9 Å². The Morgan fingerprint density at radius 2 is 2.35 bits per heavy atom. The van der Waals surface area contributed by atoms with Gasteiger partial charge in [0.25, 0.3) is 0 Å². The summed E-state index contributed by atoms with van der Waals surface area (Å²) < 4.78 is 4.97. The summed E-state index contributed by atoms with van der Waals surface area (Å²) in [6, 6.07) is 5.43. The standard InChI is InChI=1S/C12H19N3O2/c1-2-3-9-17-12(16)15-11-6-4-5-10(14-11)7-8-13/h4-6H,2-3,7-9,13H2,1H3,(H,14,15,16). The predicted molar refractivity (Wildman–Crippen MR) is 66.9 cm³/mol. The van der Waals surface area contributed by atoms with Gasteiger partial charge in [-0.25, -0.2) is 9.78 Å². The summed E-state index contributed by atoms with van der Waals surface area (Å²) in [5.41, 5.74) is 6.30. The number of anilines is 1. The van der Waals surface area contributed by atoms with Crippen LogP contribution >= 0.6 is 0 Å². The van der Waals surface area contributed by atoms with Gasteiger partial charge in [0.15, 0.2) is 0 Å². The zero-order valence-corrected chi connectivity index (χ0v) is 10.1. The molecule has 0 bridgehead atoms. The molecular weight excluding hydrogens is 218 g/mol. The van der Waals surface area contributed by atoms with Crippen molar-refractivity contribution >= 4 is 11.9 Å². The van der Waals surface area contributed by atoms with E-state index in [0.717, 1.165) is 18.5 Å². The number of carbonyl (C=O) groups is 1. The van der Waals surface area contributed by atoms with Crippen molar-refractivity contribution in [2.24, 2.45) is 5.73 Å². The SMILES string of the molecule is CCCCOC(=O)Nc1cccc(CCN)n1. The van der Waals surface area contributed by atoms with Crippen LogP contribution in [0.1, 0.15) is 25.5 Å². The Labute approximate surface area is 101 Å². The summed E-state index contributed by atoms with van der Waals surface area (Å²) in [6.45, 7) is 3.02. The molecule has 17 heavy (non-hydrogen) atoms. The molecule has 5 nitrogen and oxygen atoms in total. The van der Waals surface area contributed by atoms with E-state index in [1.165, 1.54) is 0 Å². The van der Waals surface area contributed by atoms with Crippen molar-refractivity contribution in [2.45, 2.75) is 26.2 Å². The van der Waals surface area contributed by atoms with Crippen molar-refractivity contribution < 1.29 is 9.53 Å². The molecule has 1 aromatic rings. The average molecular weight is 237 g/mol. The molecule has 0 fully saturated rings. The highest BCUT2D eigenvalue weighted by Crippen LogP contribution is 2.05. The molecule has 0 spiro atoms. The lowest BCUT2D eigenvalue weighted by atomic mass is 10.3. The van der Waals surface area contributed by atoms with E-state index in [9.17, 15) is 4.79 Å². The Hall–Kier alpha value is -1.62. The number of hydrogen-bond acceptors (Lipinski definition) is 4. The molecule has 0 unspecified atom stereocenters. The molecule has 0 aromatic carbocycles. The fraction of sp³-hybridized carbons (Fsp3) is 0.500. The number of nitrogens with zero attached hydrogens (tertiary/aromatic N) is 1. The molecule has 0 aliphatic rings. The Balaban J connectivity index is 2.44. The lowest BCUT2D eigenvalue weighted by molar-refractivity contribution is 0.160. The fourth-order valence-electron chi connectivity index (χ4n) is 1.29. The minimum absolute atomic E-state index is 0.435. The van der Waals surface area contributed by atoms with E-state index in [-0.39, 0.29) is 0 Å². The summed E-state index contributed by atoms with van der Waals surface area (Å²) >= 11 is 0. The highest BCUT2D eigenvalue weighted by Gasteiger charge is 2.04. The van der Waals surface area contributed by atoms with E-state index in [1.54, 1.807) is 6.07 Å². The van der Waals surface area contributed by atoms with Gasteiger partial charge in [-0.1, -0.05) is 19.4 Å². The lowest BCUT2D eigenvalue weighted by Crippen LogP contribution is -2.16. The predicted octanol–water partition coefficient (Wildman–Crippen LogP) is 1.93. The fourth-order valence-corrected chi connectivity index (χ4v) is 1.29. The average Bonchev–Trinajstić information content (AvgIpc) is 2.30. The van der Waals surface area contributed by atoms with Gasteiger partial charge >= 0.3 is 6.09 Å². The summed E-state index contributed by atoms with van der Waals surface area (Å²) in [6.07, 6.45) is 2.10. The zero-order chi connectivity index (χ0) is 12.5. The van der Waals surface area contributed by atoms with E-state index < -0.39 is 6.09 Å². The molecule has 1 heterocycles. The topological polar surface area (TPSA) is 77.2 Å². The third-order valence-electron chi connectivity index (χ3n) is 2.17. The van der Waals surface area contributed by atoms with Gasteiger partial charge in [0.2, 0.25) is 0 Å². The number of hydrogen-bond donors (Lipinski definition) is 2. The maximum absolute atomic E-state index is 11.4. The van der Waals surface area contributed by atoms with Crippen LogP contribution in [0.3, 0.4) is 0 Å². The van der Waals surface area contributed by atoms with E-state index in [0.29, 0.717) is 25.4 Å². The zero-order valence-electron chi connectivity index (χ0n) is 10.1. The van der Waals surface area contributed by atoms with Crippen LogP contribution in [0.15, 0.2) is 18.2 Å². The molecule has 0 aliphatic heterocycles. The Morgan fingerprint density at radius 3 is 3.06 bits per heavy atom. The van der Waals surface area contributed by atoms with Gasteiger partial charge in [-0.05, 0) is 25.1 Å². The maximum atomic E-state index is 11.4.